The molecule has 0 bridgehead atoms. The molecule has 3 rings (SSSR count). The van der Waals surface area contributed by atoms with Gasteiger partial charge in [-0.25, -0.2) is 0 Å². The number of allylic oxidation sites excluding steroid dienone is 2. The summed E-state index contributed by atoms with van der Waals surface area (Å²) in [5.41, 5.74) is 4.94. The van der Waals surface area contributed by atoms with E-state index < -0.39 is 0 Å². The van der Waals surface area contributed by atoms with Crippen LogP contribution in [0.5, 0.6) is 0 Å². The Morgan fingerprint density at radius 2 is 1.00 bits per heavy atom. The fourth-order valence-electron chi connectivity index (χ4n) is 2.34. The van der Waals surface area contributed by atoms with Crippen LogP contribution in [0.15, 0.2) is 60.0 Å². The van der Waals surface area contributed by atoms with Gasteiger partial charge in [0.25, 0.3) is 0 Å². The summed E-state index contributed by atoms with van der Waals surface area (Å²) in [6, 6.07) is 16.9. The Labute approximate surface area is 132 Å². The van der Waals surface area contributed by atoms with Crippen molar-refractivity contribution in [3.05, 3.63) is 82.3 Å². The van der Waals surface area contributed by atoms with Crippen LogP contribution in [0.4, 0.5) is 0 Å². The third-order valence-corrected chi connectivity index (χ3v) is 3.96. The quantitative estimate of drug-likeness (QED) is 0.743. The maximum absolute atomic E-state index is 5.88. The normalized spacial score (nSPS) is 13.7. The molecule has 0 unspecified atom stereocenters. The number of aryl methyl sites for hydroxylation is 2. The minimum atomic E-state index is 0.618. The second kappa shape index (κ2) is 6.69. The van der Waals surface area contributed by atoms with Crippen LogP contribution in [0, 0.1) is 13.8 Å². The topological polar surface area (TPSA) is 18.5 Å². The SMILES string of the molecule is Cc1ccc(COC2=C(OCc3ccc(C)cc3)CC2)cc1. The van der Waals surface area contributed by atoms with E-state index in [9.17, 15) is 0 Å². The van der Waals surface area contributed by atoms with Crippen molar-refractivity contribution in [3.8, 4) is 0 Å². The Kier molecular flexibility index (Phi) is 4.47. The Balaban J connectivity index is 1.52. The van der Waals surface area contributed by atoms with E-state index in [1.807, 2.05) is 0 Å². The molecule has 22 heavy (non-hydrogen) atoms. The maximum atomic E-state index is 5.88. The Bertz CT molecular complexity index is 592. The van der Waals surface area contributed by atoms with Crippen LogP contribution in [-0.2, 0) is 22.7 Å². The first-order valence-electron chi connectivity index (χ1n) is 7.79. The van der Waals surface area contributed by atoms with E-state index in [-0.39, 0.29) is 0 Å². The fourth-order valence-corrected chi connectivity index (χ4v) is 2.34. The Morgan fingerprint density at radius 1 is 0.636 bits per heavy atom. The Hall–Kier alpha value is -2.22. The molecule has 2 nitrogen and oxygen atoms in total. The molecule has 0 radical (unpaired) electrons. The molecule has 1 aliphatic carbocycles. The van der Waals surface area contributed by atoms with Gasteiger partial charge < -0.3 is 9.47 Å². The molecule has 0 amide bonds. The zero-order chi connectivity index (χ0) is 15.4. The van der Waals surface area contributed by atoms with E-state index in [1.54, 1.807) is 0 Å². The maximum Gasteiger partial charge on any atom is 0.134 e. The van der Waals surface area contributed by atoms with Crippen molar-refractivity contribution in [2.75, 3.05) is 0 Å². The number of rotatable bonds is 6. The van der Waals surface area contributed by atoms with E-state index in [0.717, 1.165) is 24.4 Å². The summed E-state index contributed by atoms with van der Waals surface area (Å²) < 4.78 is 11.8. The molecule has 0 heterocycles. The summed E-state index contributed by atoms with van der Waals surface area (Å²) in [4.78, 5) is 0. The molecule has 2 aromatic rings. The van der Waals surface area contributed by atoms with Gasteiger partial charge in [0.1, 0.15) is 24.7 Å². The van der Waals surface area contributed by atoms with Gasteiger partial charge in [-0.3, -0.25) is 0 Å². The highest BCUT2D eigenvalue weighted by molar-refractivity contribution is 5.23. The van der Waals surface area contributed by atoms with Crippen molar-refractivity contribution in [1.29, 1.82) is 0 Å². The summed E-state index contributed by atoms with van der Waals surface area (Å²) in [5, 5.41) is 0. The Morgan fingerprint density at radius 3 is 1.32 bits per heavy atom. The highest BCUT2D eigenvalue weighted by atomic mass is 16.5. The molecule has 0 aliphatic heterocycles. The fraction of sp³-hybridized carbons (Fsp3) is 0.300. The molecular weight excluding hydrogens is 272 g/mol. The van der Waals surface area contributed by atoms with Crippen LogP contribution in [0.25, 0.3) is 0 Å². The monoisotopic (exact) mass is 294 g/mol. The minimum Gasteiger partial charge on any atom is -0.490 e. The van der Waals surface area contributed by atoms with Crippen molar-refractivity contribution in [1.82, 2.24) is 0 Å². The summed E-state index contributed by atoms with van der Waals surface area (Å²) >= 11 is 0. The van der Waals surface area contributed by atoms with Gasteiger partial charge in [-0.15, -0.1) is 0 Å². The minimum absolute atomic E-state index is 0.618. The predicted molar refractivity (Wildman–Crippen MR) is 88.2 cm³/mol. The van der Waals surface area contributed by atoms with Crippen molar-refractivity contribution in [2.24, 2.45) is 0 Å². The summed E-state index contributed by atoms with van der Waals surface area (Å²) in [7, 11) is 0. The molecule has 0 fully saturated rings. The third-order valence-electron chi connectivity index (χ3n) is 3.96. The van der Waals surface area contributed by atoms with Gasteiger partial charge in [-0.05, 0) is 25.0 Å². The van der Waals surface area contributed by atoms with Crippen LogP contribution in [0.2, 0.25) is 0 Å². The van der Waals surface area contributed by atoms with E-state index >= 15 is 0 Å². The van der Waals surface area contributed by atoms with E-state index in [4.69, 9.17) is 9.47 Å². The molecule has 114 valence electrons. The highest BCUT2D eigenvalue weighted by Crippen LogP contribution is 2.31. The zero-order valence-electron chi connectivity index (χ0n) is 13.3. The van der Waals surface area contributed by atoms with Crippen LogP contribution >= 0.6 is 0 Å². The van der Waals surface area contributed by atoms with E-state index in [0.29, 0.717) is 13.2 Å². The predicted octanol–water partition coefficient (Wildman–Crippen LogP) is 5.04. The van der Waals surface area contributed by atoms with E-state index in [1.165, 1.54) is 22.3 Å². The van der Waals surface area contributed by atoms with Gasteiger partial charge >= 0.3 is 0 Å². The summed E-state index contributed by atoms with van der Waals surface area (Å²) in [6.07, 6.45) is 1.96. The standard InChI is InChI=1S/C20H22O2/c1-15-3-7-17(8-4-15)13-21-19-11-12-20(19)22-14-18-9-5-16(2)6-10-18/h3-10H,11-14H2,1-2H3. The molecule has 1 aliphatic rings. The van der Waals surface area contributed by atoms with Crippen molar-refractivity contribution >= 4 is 0 Å². The first-order valence-corrected chi connectivity index (χ1v) is 7.79. The molecule has 0 saturated heterocycles. The number of benzene rings is 2. The first kappa shape index (κ1) is 14.7. The number of hydrogen-bond acceptors (Lipinski definition) is 2. The first-order chi connectivity index (χ1) is 10.7. The molecule has 0 N–H and O–H groups in total. The lowest BCUT2D eigenvalue weighted by Gasteiger charge is -2.24. The average Bonchev–Trinajstić information content (AvgIpc) is 2.50. The molecule has 2 aromatic carbocycles. The van der Waals surface area contributed by atoms with Crippen LogP contribution in [0.3, 0.4) is 0 Å². The van der Waals surface area contributed by atoms with Crippen molar-refractivity contribution in [2.45, 2.75) is 39.9 Å². The average molecular weight is 294 g/mol. The summed E-state index contributed by atoms with van der Waals surface area (Å²) in [6.45, 7) is 5.42. The smallest absolute Gasteiger partial charge is 0.134 e. The third kappa shape index (κ3) is 3.70. The molecule has 0 atom stereocenters. The molecule has 0 aromatic heterocycles. The highest BCUT2D eigenvalue weighted by Gasteiger charge is 2.20. The lowest BCUT2D eigenvalue weighted by Crippen LogP contribution is -2.11. The lowest BCUT2D eigenvalue weighted by molar-refractivity contribution is 0.0981. The van der Waals surface area contributed by atoms with Gasteiger partial charge in [0.2, 0.25) is 0 Å². The molecular formula is C20H22O2. The largest absolute Gasteiger partial charge is 0.490 e. The van der Waals surface area contributed by atoms with Gasteiger partial charge in [0, 0.05) is 12.8 Å². The van der Waals surface area contributed by atoms with Crippen LogP contribution < -0.4 is 0 Å². The van der Waals surface area contributed by atoms with Gasteiger partial charge in [-0.1, -0.05) is 59.7 Å². The van der Waals surface area contributed by atoms with E-state index in [2.05, 4.69) is 62.4 Å². The molecule has 0 spiro atoms. The van der Waals surface area contributed by atoms with Gasteiger partial charge in [-0.2, -0.15) is 0 Å². The lowest BCUT2D eigenvalue weighted by atomic mass is 10.1. The summed E-state index contributed by atoms with van der Waals surface area (Å²) in [5.74, 6) is 2.01. The van der Waals surface area contributed by atoms with Crippen LogP contribution in [-0.4, -0.2) is 0 Å². The molecule has 2 heteroatoms. The second-order valence-electron chi connectivity index (χ2n) is 5.89. The molecule has 0 saturated carbocycles. The second-order valence-corrected chi connectivity index (χ2v) is 5.89. The van der Waals surface area contributed by atoms with Crippen molar-refractivity contribution < 1.29 is 9.47 Å². The van der Waals surface area contributed by atoms with Crippen LogP contribution in [0.1, 0.15) is 35.1 Å². The number of hydrogen-bond donors (Lipinski definition) is 0. The zero-order valence-corrected chi connectivity index (χ0v) is 13.3. The number of ether oxygens (including phenoxy) is 2. The van der Waals surface area contributed by atoms with Gasteiger partial charge in [0.05, 0.1) is 0 Å². The van der Waals surface area contributed by atoms with Crippen molar-refractivity contribution in [3.63, 3.8) is 0 Å². The van der Waals surface area contributed by atoms with Gasteiger partial charge in [0.15, 0.2) is 0 Å².